The van der Waals surface area contributed by atoms with E-state index >= 15 is 0 Å². The Balaban J connectivity index is 1.58. The maximum absolute atomic E-state index is 5.62. The predicted molar refractivity (Wildman–Crippen MR) is 80.6 cm³/mol. The zero-order chi connectivity index (χ0) is 13.3. The molecule has 2 heterocycles. The lowest BCUT2D eigenvalue weighted by atomic mass is 9.72. The van der Waals surface area contributed by atoms with Crippen LogP contribution in [-0.4, -0.2) is 44.2 Å². The van der Waals surface area contributed by atoms with E-state index in [-0.39, 0.29) is 0 Å². The standard InChI is InChI=1S/C16H25N3/c1-14-4-2-3-5-15(14)19-9-6-16(7-10-19)12-18(13-16)11-8-17/h2-5H,6-13,17H2,1H3. The van der Waals surface area contributed by atoms with Gasteiger partial charge in [-0.2, -0.15) is 0 Å². The van der Waals surface area contributed by atoms with E-state index in [1.807, 2.05) is 0 Å². The van der Waals surface area contributed by atoms with Crippen molar-refractivity contribution in [3.63, 3.8) is 0 Å². The normalized spacial score (nSPS) is 22.5. The molecule has 0 radical (unpaired) electrons. The topological polar surface area (TPSA) is 32.5 Å². The molecule has 0 amide bonds. The molecule has 0 atom stereocenters. The third-order valence-electron chi connectivity index (χ3n) is 4.84. The van der Waals surface area contributed by atoms with Gasteiger partial charge in [0.15, 0.2) is 0 Å². The summed E-state index contributed by atoms with van der Waals surface area (Å²) in [6, 6.07) is 8.75. The molecule has 2 aliphatic rings. The molecule has 19 heavy (non-hydrogen) atoms. The van der Waals surface area contributed by atoms with Crippen molar-refractivity contribution >= 4 is 5.69 Å². The zero-order valence-corrected chi connectivity index (χ0v) is 11.9. The highest BCUT2D eigenvalue weighted by Gasteiger charge is 2.44. The van der Waals surface area contributed by atoms with Gasteiger partial charge in [-0.15, -0.1) is 0 Å². The van der Waals surface area contributed by atoms with Gasteiger partial charge in [-0.1, -0.05) is 18.2 Å². The van der Waals surface area contributed by atoms with E-state index in [0.29, 0.717) is 5.41 Å². The molecule has 1 aromatic carbocycles. The first-order valence-corrected chi connectivity index (χ1v) is 7.45. The average Bonchev–Trinajstić information content (AvgIpc) is 2.39. The molecule has 2 aliphatic heterocycles. The summed E-state index contributed by atoms with van der Waals surface area (Å²) in [5.74, 6) is 0. The van der Waals surface area contributed by atoms with Crippen LogP contribution >= 0.6 is 0 Å². The van der Waals surface area contributed by atoms with Crippen molar-refractivity contribution in [3.8, 4) is 0 Å². The Bertz CT molecular complexity index is 427. The molecule has 3 nitrogen and oxygen atoms in total. The fraction of sp³-hybridized carbons (Fsp3) is 0.625. The summed E-state index contributed by atoms with van der Waals surface area (Å²) < 4.78 is 0. The largest absolute Gasteiger partial charge is 0.371 e. The van der Waals surface area contributed by atoms with Crippen molar-refractivity contribution in [3.05, 3.63) is 29.8 Å². The number of hydrogen-bond acceptors (Lipinski definition) is 3. The minimum atomic E-state index is 0.606. The van der Waals surface area contributed by atoms with Crippen LogP contribution in [0.3, 0.4) is 0 Å². The Morgan fingerprint density at radius 3 is 2.47 bits per heavy atom. The number of benzene rings is 1. The summed E-state index contributed by atoms with van der Waals surface area (Å²) in [5.41, 5.74) is 9.05. The third-order valence-corrected chi connectivity index (χ3v) is 4.84. The smallest absolute Gasteiger partial charge is 0.0395 e. The molecule has 1 spiro atoms. The second-order valence-corrected chi connectivity index (χ2v) is 6.27. The van der Waals surface area contributed by atoms with Crippen LogP contribution in [0.15, 0.2) is 24.3 Å². The summed E-state index contributed by atoms with van der Waals surface area (Å²) in [6.07, 6.45) is 2.67. The van der Waals surface area contributed by atoms with E-state index < -0.39 is 0 Å². The third kappa shape index (κ3) is 2.49. The molecule has 1 aromatic rings. The molecule has 0 aliphatic carbocycles. The van der Waals surface area contributed by atoms with Gasteiger partial charge in [0.1, 0.15) is 0 Å². The molecule has 0 unspecified atom stereocenters. The molecule has 3 heteroatoms. The second kappa shape index (κ2) is 5.14. The van der Waals surface area contributed by atoms with E-state index in [2.05, 4.69) is 41.0 Å². The molecule has 2 saturated heterocycles. The van der Waals surface area contributed by atoms with Gasteiger partial charge < -0.3 is 15.5 Å². The lowest BCUT2D eigenvalue weighted by molar-refractivity contribution is -0.0158. The Hall–Kier alpha value is -1.06. The Kier molecular flexibility index (Phi) is 3.50. The first-order chi connectivity index (χ1) is 9.22. The summed E-state index contributed by atoms with van der Waals surface area (Å²) in [4.78, 5) is 5.07. The number of nitrogens with two attached hydrogens (primary N) is 1. The molecule has 0 bridgehead atoms. The van der Waals surface area contributed by atoms with Crippen LogP contribution in [0.5, 0.6) is 0 Å². The number of hydrogen-bond donors (Lipinski definition) is 1. The van der Waals surface area contributed by atoms with Crippen molar-refractivity contribution in [1.82, 2.24) is 4.90 Å². The Morgan fingerprint density at radius 2 is 1.84 bits per heavy atom. The lowest BCUT2D eigenvalue weighted by Crippen LogP contribution is -2.61. The number of piperidine rings is 1. The van der Waals surface area contributed by atoms with Crippen LogP contribution in [0.25, 0.3) is 0 Å². The fourth-order valence-electron chi connectivity index (χ4n) is 3.70. The van der Waals surface area contributed by atoms with Crippen LogP contribution < -0.4 is 10.6 Å². The fourth-order valence-corrected chi connectivity index (χ4v) is 3.70. The number of para-hydroxylation sites is 1. The summed E-state index contributed by atoms with van der Waals surface area (Å²) in [7, 11) is 0. The number of anilines is 1. The van der Waals surface area contributed by atoms with Crippen molar-refractivity contribution in [2.75, 3.05) is 44.2 Å². The highest BCUT2D eigenvalue weighted by Crippen LogP contribution is 2.41. The summed E-state index contributed by atoms with van der Waals surface area (Å²) in [6.45, 7) is 9.04. The Morgan fingerprint density at radius 1 is 1.16 bits per heavy atom. The second-order valence-electron chi connectivity index (χ2n) is 6.27. The average molecular weight is 259 g/mol. The maximum Gasteiger partial charge on any atom is 0.0395 e. The first kappa shape index (κ1) is 12.9. The van der Waals surface area contributed by atoms with Crippen molar-refractivity contribution in [2.45, 2.75) is 19.8 Å². The molecular formula is C16H25N3. The molecule has 3 rings (SSSR count). The van der Waals surface area contributed by atoms with Gasteiger partial charge in [0.05, 0.1) is 0 Å². The highest BCUT2D eigenvalue weighted by atomic mass is 15.2. The molecular weight excluding hydrogens is 234 g/mol. The van der Waals surface area contributed by atoms with Crippen LogP contribution in [0, 0.1) is 12.3 Å². The van der Waals surface area contributed by atoms with E-state index in [1.54, 1.807) is 0 Å². The van der Waals surface area contributed by atoms with E-state index in [4.69, 9.17) is 5.73 Å². The lowest BCUT2D eigenvalue weighted by Gasteiger charge is -2.54. The van der Waals surface area contributed by atoms with Crippen molar-refractivity contribution < 1.29 is 0 Å². The number of likely N-dealkylation sites (tertiary alicyclic amines) is 1. The minimum Gasteiger partial charge on any atom is -0.371 e. The molecule has 2 fully saturated rings. The molecule has 0 saturated carbocycles. The van der Waals surface area contributed by atoms with Crippen LogP contribution in [0.2, 0.25) is 0 Å². The monoisotopic (exact) mass is 259 g/mol. The Labute approximate surface area is 116 Å². The van der Waals surface area contributed by atoms with E-state index in [0.717, 1.165) is 13.1 Å². The summed E-state index contributed by atoms with van der Waals surface area (Å²) in [5, 5.41) is 0. The van der Waals surface area contributed by atoms with Gasteiger partial charge in [0.2, 0.25) is 0 Å². The van der Waals surface area contributed by atoms with E-state index in [1.165, 1.54) is 50.3 Å². The quantitative estimate of drug-likeness (QED) is 0.899. The van der Waals surface area contributed by atoms with Gasteiger partial charge in [-0.25, -0.2) is 0 Å². The predicted octanol–water partition coefficient (Wildman–Crippen LogP) is 1.86. The van der Waals surface area contributed by atoms with Crippen molar-refractivity contribution in [1.29, 1.82) is 0 Å². The number of nitrogens with zero attached hydrogens (tertiary/aromatic N) is 2. The van der Waals surface area contributed by atoms with Gasteiger partial charge >= 0.3 is 0 Å². The number of aryl methyl sites for hydroxylation is 1. The number of rotatable bonds is 3. The van der Waals surface area contributed by atoms with Crippen LogP contribution in [0.4, 0.5) is 5.69 Å². The zero-order valence-electron chi connectivity index (χ0n) is 11.9. The van der Waals surface area contributed by atoms with Gasteiger partial charge in [0.25, 0.3) is 0 Å². The molecule has 2 N–H and O–H groups in total. The van der Waals surface area contributed by atoms with Crippen molar-refractivity contribution in [2.24, 2.45) is 11.1 Å². The van der Waals surface area contributed by atoms with Crippen LogP contribution in [-0.2, 0) is 0 Å². The van der Waals surface area contributed by atoms with Crippen LogP contribution in [0.1, 0.15) is 18.4 Å². The van der Waals surface area contributed by atoms with E-state index in [9.17, 15) is 0 Å². The summed E-state index contributed by atoms with van der Waals surface area (Å²) >= 11 is 0. The SMILES string of the molecule is Cc1ccccc1N1CCC2(CC1)CN(CCN)C2. The maximum atomic E-state index is 5.62. The van der Waals surface area contributed by atoms with Gasteiger partial charge in [-0.05, 0) is 36.8 Å². The molecule has 104 valence electrons. The van der Waals surface area contributed by atoms with Gasteiger partial charge in [0, 0.05) is 45.0 Å². The highest BCUT2D eigenvalue weighted by molar-refractivity contribution is 5.53. The van der Waals surface area contributed by atoms with Gasteiger partial charge in [-0.3, -0.25) is 0 Å². The molecule has 0 aromatic heterocycles. The minimum absolute atomic E-state index is 0.606. The first-order valence-electron chi connectivity index (χ1n) is 7.45.